The first-order chi connectivity index (χ1) is 14.2. The maximum Gasteiger partial charge on any atom is 0.220 e. The van der Waals surface area contributed by atoms with Crippen LogP contribution in [0.25, 0.3) is 10.9 Å². The number of fused-ring (bicyclic) bond motifs is 2. The molecule has 0 saturated carbocycles. The highest BCUT2D eigenvalue weighted by Crippen LogP contribution is 2.51. The first kappa shape index (κ1) is 18.3. The number of para-hydroxylation sites is 1. The summed E-state index contributed by atoms with van der Waals surface area (Å²) in [6, 6.07) is 20.8. The van der Waals surface area contributed by atoms with Crippen LogP contribution < -0.4 is 5.32 Å². The molecule has 2 heterocycles. The number of rotatable bonds is 4. The number of ether oxygens (including phenoxy) is 1. The summed E-state index contributed by atoms with van der Waals surface area (Å²) in [5, 5.41) is 4.51. The van der Waals surface area contributed by atoms with Gasteiger partial charge in [0.05, 0.1) is 11.6 Å². The van der Waals surface area contributed by atoms with Gasteiger partial charge in [-0.25, -0.2) is 0 Å². The van der Waals surface area contributed by atoms with Gasteiger partial charge in [-0.3, -0.25) is 9.78 Å². The molecule has 2 aromatic carbocycles. The second-order valence-corrected chi connectivity index (χ2v) is 8.35. The summed E-state index contributed by atoms with van der Waals surface area (Å²) in [4.78, 5) is 17.6. The summed E-state index contributed by atoms with van der Waals surface area (Å²) in [5.41, 5.74) is 4.70. The van der Waals surface area contributed by atoms with Crippen molar-refractivity contribution in [3.05, 3.63) is 77.5 Å². The minimum atomic E-state index is 0.0830. The molecule has 4 heteroatoms. The lowest BCUT2D eigenvalue weighted by molar-refractivity contribution is -0.123. The molecule has 1 aliphatic heterocycles. The lowest BCUT2D eigenvalue weighted by atomic mass is 9.74. The lowest BCUT2D eigenvalue weighted by Gasteiger charge is -2.39. The molecule has 148 valence electrons. The molecule has 1 saturated heterocycles. The van der Waals surface area contributed by atoms with Gasteiger partial charge in [0.2, 0.25) is 5.91 Å². The van der Waals surface area contributed by atoms with E-state index in [-0.39, 0.29) is 17.4 Å². The Labute approximate surface area is 171 Å². The van der Waals surface area contributed by atoms with Gasteiger partial charge in [0, 0.05) is 36.1 Å². The second-order valence-electron chi connectivity index (χ2n) is 8.35. The maximum atomic E-state index is 12.9. The largest absolute Gasteiger partial charge is 0.381 e. The fourth-order valence-corrected chi connectivity index (χ4v) is 4.98. The molecule has 3 aromatic rings. The van der Waals surface area contributed by atoms with Gasteiger partial charge in [-0.2, -0.15) is 0 Å². The van der Waals surface area contributed by atoms with E-state index in [1.54, 1.807) is 0 Å². The third kappa shape index (κ3) is 3.53. The van der Waals surface area contributed by atoms with E-state index in [1.807, 2.05) is 24.3 Å². The number of aromatic nitrogens is 1. The Morgan fingerprint density at radius 1 is 1.03 bits per heavy atom. The zero-order valence-electron chi connectivity index (χ0n) is 16.6. The number of pyridine rings is 1. The van der Waals surface area contributed by atoms with E-state index in [4.69, 9.17) is 9.72 Å². The first-order valence-corrected chi connectivity index (χ1v) is 10.5. The quantitative estimate of drug-likeness (QED) is 0.724. The molecule has 1 fully saturated rings. The summed E-state index contributed by atoms with van der Waals surface area (Å²) < 4.78 is 5.63. The lowest BCUT2D eigenvalue weighted by Crippen LogP contribution is -2.42. The Bertz CT molecular complexity index is 1040. The topological polar surface area (TPSA) is 51.2 Å². The minimum absolute atomic E-state index is 0.0830. The molecule has 1 spiro atoms. The Balaban J connectivity index is 1.30. The van der Waals surface area contributed by atoms with E-state index in [9.17, 15) is 4.79 Å². The van der Waals surface area contributed by atoms with Gasteiger partial charge in [0.1, 0.15) is 0 Å². The number of hydrogen-bond donors (Lipinski definition) is 1. The Morgan fingerprint density at radius 2 is 1.83 bits per heavy atom. The van der Waals surface area contributed by atoms with Crippen LogP contribution in [0.15, 0.2) is 60.7 Å². The standard InChI is InChI=1S/C25H26N2O2/c28-23(12-11-20-10-9-18-5-2-4-8-22(18)26-20)27-24-21-7-3-1-6-19(21)17-25(24)13-15-29-16-14-25/h1-10,24H,11-17H2,(H,27,28). The number of aryl methyl sites for hydroxylation is 1. The van der Waals surface area contributed by atoms with Crippen LogP contribution in [0, 0.1) is 5.41 Å². The van der Waals surface area contributed by atoms with Crippen molar-refractivity contribution in [2.75, 3.05) is 13.2 Å². The molecular formula is C25H26N2O2. The SMILES string of the molecule is O=C(CCc1ccc2ccccc2n1)NC1c2ccccc2CC12CCOCC2. The zero-order chi connectivity index (χ0) is 19.7. The molecule has 5 rings (SSSR count). The summed E-state index contributed by atoms with van der Waals surface area (Å²) in [6.07, 6.45) is 4.14. The van der Waals surface area contributed by atoms with Gasteiger partial charge < -0.3 is 10.1 Å². The smallest absolute Gasteiger partial charge is 0.220 e. The summed E-state index contributed by atoms with van der Waals surface area (Å²) in [7, 11) is 0. The second kappa shape index (κ2) is 7.60. The normalized spacial score (nSPS) is 19.9. The van der Waals surface area contributed by atoms with E-state index in [0.717, 1.165) is 49.1 Å². The molecule has 1 aromatic heterocycles. The molecule has 1 atom stereocenters. The molecule has 1 amide bonds. The summed E-state index contributed by atoms with van der Waals surface area (Å²) in [5.74, 6) is 0.104. The third-order valence-corrected chi connectivity index (χ3v) is 6.58. The van der Waals surface area contributed by atoms with E-state index in [1.165, 1.54) is 11.1 Å². The van der Waals surface area contributed by atoms with E-state index >= 15 is 0 Å². The number of carbonyl (C=O) groups excluding carboxylic acids is 1. The van der Waals surface area contributed by atoms with Gasteiger partial charge >= 0.3 is 0 Å². The van der Waals surface area contributed by atoms with Crippen molar-refractivity contribution in [2.45, 2.75) is 38.1 Å². The minimum Gasteiger partial charge on any atom is -0.381 e. The molecule has 1 unspecified atom stereocenters. The zero-order valence-corrected chi connectivity index (χ0v) is 16.6. The highest BCUT2D eigenvalue weighted by Gasteiger charge is 2.47. The molecular weight excluding hydrogens is 360 g/mol. The van der Waals surface area contributed by atoms with Crippen LogP contribution in [0.1, 0.15) is 42.1 Å². The van der Waals surface area contributed by atoms with Crippen molar-refractivity contribution in [1.29, 1.82) is 0 Å². The van der Waals surface area contributed by atoms with Gasteiger partial charge in [0.25, 0.3) is 0 Å². The van der Waals surface area contributed by atoms with Crippen LogP contribution in [0.4, 0.5) is 0 Å². The number of carbonyl (C=O) groups is 1. The van der Waals surface area contributed by atoms with Crippen LogP contribution in [-0.4, -0.2) is 24.1 Å². The Kier molecular flexibility index (Phi) is 4.80. The van der Waals surface area contributed by atoms with Gasteiger partial charge in [0.15, 0.2) is 0 Å². The number of nitrogens with zero attached hydrogens (tertiary/aromatic N) is 1. The van der Waals surface area contributed by atoms with E-state index in [2.05, 4.69) is 41.7 Å². The van der Waals surface area contributed by atoms with Crippen LogP contribution in [0.5, 0.6) is 0 Å². The van der Waals surface area contributed by atoms with Crippen molar-refractivity contribution < 1.29 is 9.53 Å². The Morgan fingerprint density at radius 3 is 2.72 bits per heavy atom. The van der Waals surface area contributed by atoms with Gasteiger partial charge in [-0.05, 0) is 48.9 Å². The van der Waals surface area contributed by atoms with Crippen molar-refractivity contribution in [3.63, 3.8) is 0 Å². The maximum absolute atomic E-state index is 12.9. The van der Waals surface area contributed by atoms with Crippen molar-refractivity contribution >= 4 is 16.8 Å². The van der Waals surface area contributed by atoms with E-state index < -0.39 is 0 Å². The third-order valence-electron chi connectivity index (χ3n) is 6.58. The highest BCUT2D eigenvalue weighted by molar-refractivity contribution is 5.79. The van der Waals surface area contributed by atoms with Gasteiger partial charge in [-0.1, -0.05) is 48.5 Å². The number of nitrogens with one attached hydrogen (secondary N) is 1. The van der Waals surface area contributed by atoms with Crippen molar-refractivity contribution in [3.8, 4) is 0 Å². The molecule has 0 bridgehead atoms. The van der Waals surface area contributed by atoms with Crippen molar-refractivity contribution in [1.82, 2.24) is 10.3 Å². The average molecular weight is 386 g/mol. The molecule has 0 radical (unpaired) electrons. The monoisotopic (exact) mass is 386 g/mol. The summed E-state index contributed by atoms with van der Waals surface area (Å²) >= 11 is 0. The van der Waals surface area contributed by atoms with Crippen LogP contribution in [-0.2, 0) is 22.4 Å². The summed E-state index contributed by atoms with van der Waals surface area (Å²) in [6.45, 7) is 1.56. The molecule has 4 nitrogen and oxygen atoms in total. The molecule has 2 aliphatic rings. The predicted octanol–water partition coefficient (Wildman–Crippen LogP) is 4.38. The Hall–Kier alpha value is -2.72. The predicted molar refractivity (Wildman–Crippen MR) is 114 cm³/mol. The molecule has 29 heavy (non-hydrogen) atoms. The van der Waals surface area contributed by atoms with Gasteiger partial charge in [-0.15, -0.1) is 0 Å². The fourth-order valence-electron chi connectivity index (χ4n) is 4.98. The average Bonchev–Trinajstić information content (AvgIpc) is 3.05. The highest BCUT2D eigenvalue weighted by atomic mass is 16.5. The number of hydrogen-bond acceptors (Lipinski definition) is 3. The number of amides is 1. The fraction of sp³-hybridized carbons (Fsp3) is 0.360. The van der Waals surface area contributed by atoms with Crippen LogP contribution >= 0.6 is 0 Å². The number of benzene rings is 2. The first-order valence-electron chi connectivity index (χ1n) is 10.5. The van der Waals surface area contributed by atoms with Crippen LogP contribution in [0.2, 0.25) is 0 Å². The molecule has 1 aliphatic carbocycles. The molecule has 1 N–H and O–H groups in total. The van der Waals surface area contributed by atoms with Crippen molar-refractivity contribution in [2.24, 2.45) is 5.41 Å². The van der Waals surface area contributed by atoms with Crippen LogP contribution in [0.3, 0.4) is 0 Å². The van der Waals surface area contributed by atoms with E-state index in [0.29, 0.717) is 12.8 Å².